The van der Waals surface area contributed by atoms with E-state index in [1.54, 1.807) is 0 Å². The number of rotatable bonds is 9. The molecule has 12 heavy (non-hydrogen) atoms. The first kappa shape index (κ1) is 12.2. The average Bonchev–Trinajstić information content (AvgIpc) is 2.10. The van der Waals surface area contributed by atoms with Crippen LogP contribution in [0.1, 0.15) is 26.2 Å². The van der Waals surface area contributed by atoms with E-state index >= 15 is 0 Å². The lowest BCUT2D eigenvalue weighted by Gasteiger charge is -2.03. The van der Waals surface area contributed by atoms with E-state index in [4.69, 9.17) is 16.3 Å². The van der Waals surface area contributed by atoms with E-state index in [1.807, 2.05) is 0 Å². The van der Waals surface area contributed by atoms with Gasteiger partial charge in [0.25, 0.3) is 0 Å². The zero-order chi connectivity index (χ0) is 9.07. The summed E-state index contributed by atoms with van der Waals surface area (Å²) in [4.78, 5) is 0. The van der Waals surface area contributed by atoms with E-state index < -0.39 is 0 Å². The molecule has 0 atom stereocenters. The van der Waals surface area contributed by atoms with Crippen molar-refractivity contribution >= 4 is 11.6 Å². The molecule has 0 radical (unpaired) electrons. The van der Waals surface area contributed by atoms with Crippen LogP contribution in [0.15, 0.2) is 0 Å². The van der Waals surface area contributed by atoms with Crippen LogP contribution in [0, 0.1) is 0 Å². The lowest BCUT2D eigenvalue weighted by Crippen LogP contribution is -2.21. The lowest BCUT2D eigenvalue weighted by molar-refractivity contribution is 0.151. The van der Waals surface area contributed by atoms with Crippen LogP contribution in [0.25, 0.3) is 0 Å². The molecule has 0 saturated carbocycles. The Labute approximate surface area is 80.6 Å². The van der Waals surface area contributed by atoms with Gasteiger partial charge in [-0.05, 0) is 13.0 Å². The minimum absolute atomic E-state index is 0.593. The molecule has 0 aromatic heterocycles. The van der Waals surface area contributed by atoms with Crippen LogP contribution < -0.4 is 5.32 Å². The highest BCUT2D eigenvalue weighted by atomic mass is 35.5. The van der Waals surface area contributed by atoms with Gasteiger partial charge in [0.1, 0.15) is 0 Å². The summed E-state index contributed by atoms with van der Waals surface area (Å²) in [6.07, 6.45) is 3.87. The Kier molecular flexibility index (Phi) is 11.4. The fraction of sp³-hybridized carbons (Fsp3) is 1.00. The fourth-order valence-electron chi connectivity index (χ4n) is 0.926. The topological polar surface area (TPSA) is 21.3 Å². The Hall–Kier alpha value is 0.210. The minimum Gasteiger partial charge on any atom is -0.379 e. The second-order valence-corrected chi connectivity index (χ2v) is 3.14. The molecule has 0 aliphatic heterocycles. The van der Waals surface area contributed by atoms with Crippen molar-refractivity contribution in [2.24, 2.45) is 0 Å². The van der Waals surface area contributed by atoms with Crippen molar-refractivity contribution < 1.29 is 4.74 Å². The molecule has 0 fully saturated rings. The molecule has 2 nitrogen and oxygen atoms in total. The summed E-state index contributed by atoms with van der Waals surface area (Å²) in [5.74, 6) is 0.593. The molecule has 0 heterocycles. The monoisotopic (exact) mass is 193 g/mol. The number of halogens is 1. The van der Waals surface area contributed by atoms with E-state index in [0.717, 1.165) is 19.7 Å². The van der Waals surface area contributed by atoms with Gasteiger partial charge in [-0.2, -0.15) is 0 Å². The molecule has 74 valence electrons. The Morgan fingerprint density at radius 3 is 2.67 bits per heavy atom. The van der Waals surface area contributed by atoms with Gasteiger partial charge in [-0.1, -0.05) is 19.8 Å². The highest BCUT2D eigenvalue weighted by Gasteiger charge is 1.88. The largest absolute Gasteiger partial charge is 0.379 e. The van der Waals surface area contributed by atoms with Crippen molar-refractivity contribution in [2.75, 3.05) is 32.2 Å². The van der Waals surface area contributed by atoms with Crippen LogP contribution >= 0.6 is 11.6 Å². The molecular formula is C9H20ClNO. The molecule has 0 aliphatic rings. The van der Waals surface area contributed by atoms with Gasteiger partial charge in [0.2, 0.25) is 0 Å². The minimum atomic E-state index is 0.593. The predicted molar refractivity (Wildman–Crippen MR) is 53.9 cm³/mol. The molecule has 0 aromatic carbocycles. The number of hydrogen-bond donors (Lipinski definition) is 1. The maximum absolute atomic E-state index is 5.44. The van der Waals surface area contributed by atoms with E-state index in [-0.39, 0.29) is 0 Å². The van der Waals surface area contributed by atoms with Crippen molar-refractivity contribution in [1.82, 2.24) is 5.32 Å². The molecule has 0 rings (SSSR count). The fourth-order valence-corrected chi connectivity index (χ4v) is 1.04. The molecule has 1 N–H and O–H groups in total. The van der Waals surface area contributed by atoms with Gasteiger partial charge in [-0.3, -0.25) is 0 Å². The predicted octanol–water partition coefficient (Wildman–Crippen LogP) is 2.02. The summed E-state index contributed by atoms with van der Waals surface area (Å²) < 4.78 is 5.19. The summed E-state index contributed by atoms with van der Waals surface area (Å²) in [6, 6.07) is 0. The molecule has 0 spiro atoms. The molecule has 0 unspecified atom stereocenters. The van der Waals surface area contributed by atoms with E-state index in [9.17, 15) is 0 Å². The van der Waals surface area contributed by atoms with Crippen LogP contribution in [0.5, 0.6) is 0 Å². The number of hydrogen-bond acceptors (Lipinski definition) is 2. The molecular weight excluding hydrogens is 174 g/mol. The third-order valence-corrected chi connectivity index (χ3v) is 1.76. The molecule has 0 bridgehead atoms. The third-order valence-electron chi connectivity index (χ3n) is 1.60. The first-order valence-corrected chi connectivity index (χ1v) is 5.29. The normalized spacial score (nSPS) is 10.5. The Morgan fingerprint density at radius 1 is 1.17 bits per heavy atom. The van der Waals surface area contributed by atoms with Gasteiger partial charge in [-0.25, -0.2) is 0 Å². The quantitative estimate of drug-likeness (QED) is 0.447. The summed E-state index contributed by atoms with van der Waals surface area (Å²) in [6.45, 7) is 5.71. The standard InChI is InChI=1S/C9H20ClNO/c1-2-3-4-6-11-7-9-12-8-5-10/h11H,2-9H2,1H3. The zero-order valence-corrected chi connectivity index (χ0v) is 8.70. The van der Waals surface area contributed by atoms with Gasteiger partial charge < -0.3 is 10.1 Å². The Morgan fingerprint density at radius 2 is 2.00 bits per heavy atom. The third kappa shape index (κ3) is 10.2. The van der Waals surface area contributed by atoms with Crippen molar-refractivity contribution in [3.63, 3.8) is 0 Å². The summed E-state index contributed by atoms with van der Waals surface area (Å²) in [5, 5.41) is 3.31. The summed E-state index contributed by atoms with van der Waals surface area (Å²) >= 11 is 5.44. The van der Waals surface area contributed by atoms with Crippen molar-refractivity contribution in [3.8, 4) is 0 Å². The second-order valence-electron chi connectivity index (χ2n) is 2.76. The van der Waals surface area contributed by atoms with Crippen LogP contribution in [-0.4, -0.2) is 32.2 Å². The highest BCUT2D eigenvalue weighted by Crippen LogP contribution is 1.90. The Bertz CT molecular complexity index is 70.9. The van der Waals surface area contributed by atoms with E-state index in [0.29, 0.717) is 12.5 Å². The van der Waals surface area contributed by atoms with Crippen molar-refractivity contribution in [1.29, 1.82) is 0 Å². The first-order chi connectivity index (χ1) is 5.91. The van der Waals surface area contributed by atoms with E-state index in [2.05, 4.69) is 12.2 Å². The number of alkyl halides is 1. The second kappa shape index (κ2) is 11.2. The summed E-state index contributed by atoms with van der Waals surface area (Å²) in [7, 11) is 0. The van der Waals surface area contributed by atoms with Crippen LogP contribution in [0.4, 0.5) is 0 Å². The molecule has 0 aromatic rings. The van der Waals surface area contributed by atoms with E-state index in [1.165, 1.54) is 19.3 Å². The lowest BCUT2D eigenvalue weighted by atomic mass is 10.2. The van der Waals surface area contributed by atoms with Gasteiger partial charge in [-0.15, -0.1) is 11.6 Å². The maximum Gasteiger partial charge on any atom is 0.0602 e. The Balaban J connectivity index is 2.73. The van der Waals surface area contributed by atoms with Crippen molar-refractivity contribution in [3.05, 3.63) is 0 Å². The SMILES string of the molecule is CCCCCNCCOCCCl. The van der Waals surface area contributed by atoms with Gasteiger partial charge in [0.15, 0.2) is 0 Å². The molecule has 0 aliphatic carbocycles. The first-order valence-electron chi connectivity index (χ1n) is 4.76. The number of nitrogens with one attached hydrogen (secondary N) is 1. The number of ether oxygens (including phenoxy) is 1. The molecule has 3 heteroatoms. The number of unbranched alkanes of at least 4 members (excludes halogenated alkanes) is 2. The van der Waals surface area contributed by atoms with Gasteiger partial charge in [0, 0.05) is 12.4 Å². The maximum atomic E-state index is 5.44. The zero-order valence-electron chi connectivity index (χ0n) is 7.94. The van der Waals surface area contributed by atoms with Gasteiger partial charge in [0.05, 0.1) is 13.2 Å². The highest BCUT2D eigenvalue weighted by molar-refractivity contribution is 6.17. The molecule has 0 amide bonds. The van der Waals surface area contributed by atoms with Crippen LogP contribution in [0.3, 0.4) is 0 Å². The van der Waals surface area contributed by atoms with Crippen LogP contribution in [-0.2, 0) is 4.74 Å². The molecule has 0 saturated heterocycles. The summed E-state index contributed by atoms with van der Waals surface area (Å²) in [5.41, 5.74) is 0. The van der Waals surface area contributed by atoms with Gasteiger partial charge >= 0.3 is 0 Å². The smallest absolute Gasteiger partial charge is 0.0602 e. The van der Waals surface area contributed by atoms with Crippen LogP contribution in [0.2, 0.25) is 0 Å². The van der Waals surface area contributed by atoms with Crippen molar-refractivity contribution in [2.45, 2.75) is 26.2 Å². The average molecular weight is 194 g/mol.